The van der Waals surface area contributed by atoms with Gasteiger partial charge in [0.2, 0.25) is 0 Å². The van der Waals surface area contributed by atoms with Crippen molar-refractivity contribution in [1.29, 1.82) is 0 Å². The first-order chi connectivity index (χ1) is 6.99. The Kier molecular flexibility index (Phi) is 4.70. The van der Waals surface area contributed by atoms with Gasteiger partial charge in [0.25, 0.3) is 0 Å². The third-order valence-corrected chi connectivity index (χ3v) is 2.85. The number of hydrogen-bond donors (Lipinski definition) is 2. The van der Waals surface area contributed by atoms with Crippen molar-refractivity contribution in [3.8, 4) is 0 Å². The lowest BCUT2D eigenvalue weighted by Gasteiger charge is -2.23. The molecule has 0 saturated carbocycles. The zero-order chi connectivity index (χ0) is 11.3. The van der Waals surface area contributed by atoms with Crippen molar-refractivity contribution >= 4 is 11.3 Å². The third-order valence-electron chi connectivity index (χ3n) is 2.07. The lowest BCUT2D eigenvalue weighted by Crippen LogP contribution is -2.40. The maximum Gasteiger partial charge on any atom is 0.0953 e. The molecule has 15 heavy (non-hydrogen) atoms. The molecule has 3 nitrogen and oxygen atoms in total. The average molecular weight is 228 g/mol. The predicted octanol–water partition coefficient (Wildman–Crippen LogP) is 1.68. The number of thiazole rings is 1. The summed E-state index contributed by atoms with van der Waals surface area (Å²) >= 11 is 1.59. The summed E-state index contributed by atoms with van der Waals surface area (Å²) in [5.41, 5.74) is -0.702. The van der Waals surface area contributed by atoms with Crippen LogP contribution >= 0.6 is 11.3 Å². The molecule has 0 aromatic carbocycles. The van der Waals surface area contributed by atoms with E-state index >= 15 is 0 Å². The predicted molar refractivity (Wildman–Crippen MR) is 64.1 cm³/mol. The lowest BCUT2D eigenvalue weighted by atomic mass is 10.0. The molecule has 1 atom stereocenters. The van der Waals surface area contributed by atoms with Gasteiger partial charge in [-0.2, -0.15) is 0 Å². The van der Waals surface area contributed by atoms with Crippen molar-refractivity contribution in [2.45, 2.75) is 32.8 Å². The lowest BCUT2D eigenvalue weighted by molar-refractivity contribution is 0.0595. The van der Waals surface area contributed by atoms with Crippen LogP contribution in [-0.4, -0.2) is 28.8 Å². The Morgan fingerprint density at radius 1 is 1.60 bits per heavy atom. The number of aliphatic hydroxyl groups is 1. The molecule has 0 spiro atoms. The fourth-order valence-corrected chi connectivity index (χ4v) is 2.15. The Bertz CT molecular complexity index is 270. The molecule has 0 saturated heterocycles. The van der Waals surface area contributed by atoms with Gasteiger partial charge in [-0.15, -0.1) is 11.3 Å². The number of nitrogens with zero attached hydrogens (tertiary/aromatic N) is 1. The van der Waals surface area contributed by atoms with Crippen molar-refractivity contribution in [3.63, 3.8) is 0 Å². The van der Waals surface area contributed by atoms with E-state index in [2.05, 4.69) is 24.1 Å². The normalized spacial score (nSPS) is 15.5. The molecule has 1 unspecified atom stereocenters. The van der Waals surface area contributed by atoms with Crippen molar-refractivity contribution in [2.75, 3.05) is 13.1 Å². The monoisotopic (exact) mass is 228 g/mol. The summed E-state index contributed by atoms with van der Waals surface area (Å²) in [4.78, 5) is 4.18. The van der Waals surface area contributed by atoms with E-state index in [0.717, 1.165) is 11.6 Å². The maximum atomic E-state index is 10.1. The van der Waals surface area contributed by atoms with E-state index in [1.165, 1.54) is 0 Å². The van der Waals surface area contributed by atoms with Gasteiger partial charge in [0.1, 0.15) is 0 Å². The van der Waals surface area contributed by atoms with Crippen LogP contribution in [0.1, 0.15) is 25.8 Å². The highest BCUT2D eigenvalue weighted by Crippen LogP contribution is 2.14. The minimum atomic E-state index is -0.702. The molecule has 0 aliphatic carbocycles. The molecule has 0 bridgehead atoms. The maximum absolute atomic E-state index is 10.1. The Hall–Kier alpha value is -0.450. The number of rotatable bonds is 6. The van der Waals surface area contributed by atoms with Gasteiger partial charge in [0.05, 0.1) is 10.6 Å². The van der Waals surface area contributed by atoms with E-state index in [9.17, 15) is 5.11 Å². The van der Waals surface area contributed by atoms with Crippen LogP contribution in [0, 0.1) is 5.92 Å². The molecule has 0 amide bonds. The summed E-state index contributed by atoms with van der Waals surface area (Å²) in [6, 6.07) is 0. The van der Waals surface area contributed by atoms with Gasteiger partial charge in [-0.3, -0.25) is 0 Å². The summed E-state index contributed by atoms with van der Waals surface area (Å²) in [6.07, 6.45) is 2.40. The molecule has 1 aromatic heterocycles. The zero-order valence-electron chi connectivity index (χ0n) is 9.66. The van der Waals surface area contributed by atoms with Gasteiger partial charge in [-0.1, -0.05) is 13.8 Å². The molecule has 4 heteroatoms. The average Bonchev–Trinajstić information content (AvgIpc) is 2.54. The van der Waals surface area contributed by atoms with Crippen LogP contribution in [0.15, 0.2) is 11.6 Å². The molecule has 1 aromatic rings. The molecule has 1 rings (SSSR count). The number of hydrogen-bond acceptors (Lipinski definition) is 4. The highest BCUT2D eigenvalue weighted by Gasteiger charge is 2.21. The molecule has 86 valence electrons. The zero-order valence-corrected chi connectivity index (χ0v) is 10.5. The topological polar surface area (TPSA) is 45.1 Å². The minimum absolute atomic E-state index is 0.612. The van der Waals surface area contributed by atoms with E-state index in [1.807, 2.05) is 12.3 Å². The molecule has 1 heterocycles. The van der Waals surface area contributed by atoms with Crippen LogP contribution < -0.4 is 5.32 Å². The highest BCUT2D eigenvalue weighted by atomic mass is 32.1. The van der Waals surface area contributed by atoms with Crippen LogP contribution in [0.4, 0.5) is 0 Å². The quantitative estimate of drug-likeness (QED) is 0.778. The second-order valence-electron chi connectivity index (χ2n) is 4.62. The van der Waals surface area contributed by atoms with Crippen LogP contribution in [0.3, 0.4) is 0 Å². The largest absolute Gasteiger partial charge is 0.388 e. The standard InChI is InChI=1S/C11H20N2OS/c1-9(2)7-12-8-11(3,14)6-10-13-4-5-15-10/h4-5,9,12,14H,6-8H2,1-3H3. The summed E-state index contributed by atoms with van der Waals surface area (Å²) in [5.74, 6) is 0.612. The van der Waals surface area contributed by atoms with E-state index in [0.29, 0.717) is 18.9 Å². The molecule has 0 aliphatic heterocycles. The van der Waals surface area contributed by atoms with E-state index in [4.69, 9.17) is 0 Å². The smallest absolute Gasteiger partial charge is 0.0953 e. The fourth-order valence-electron chi connectivity index (χ4n) is 1.36. The second kappa shape index (κ2) is 5.58. The summed E-state index contributed by atoms with van der Waals surface area (Å²) < 4.78 is 0. The van der Waals surface area contributed by atoms with Gasteiger partial charge in [0, 0.05) is 24.5 Å². The van der Waals surface area contributed by atoms with Crippen LogP contribution in [0.25, 0.3) is 0 Å². The van der Waals surface area contributed by atoms with Gasteiger partial charge in [-0.05, 0) is 19.4 Å². The van der Waals surface area contributed by atoms with Crippen LogP contribution in [0.5, 0.6) is 0 Å². The van der Waals surface area contributed by atoms with Crippen molar-refractivity contribution in [2.24, 2.45) is 5.92 Å². The summed E-state index contributed by atoms with van der Waals surface area (Å²) in [5, 5.41) is 16.3. The third kappa shape index (κ3) is 5.25. The van der Waals surface area contributed by atoms with Crippen LogP contribution in [-0.2, 0) is 6.42 Å². The Morgan fingerprint density at radius 2 is 2.33 bits per heavy atom. The number of aromatic nitrogens is 1. The van der Waals surface area contributed by atoms with Gasteiger partial charge in [-0.25, -0.2) is 4.98 Å². The Morgan fingerprint density at radius 3 is 2.87 bits per heavy atom. The Balaban J connectivity index is 2.32. The van der Waals surface area contributed by atoms with Gasteiger partial charge >= 0.3 is 0 Å². The SMILES string of the molecule is CC(C)CNCC(C)(O)Cc1nccs1. The Labute approximate surface area is 95.6 Å². The first-order valence-electron chi connectivity index (χ1n) is 5.31. The van der Waals surface area contributed by atoms with E-state index in [-0.39, 0.29) is 0 Å². The molecular formula is C11H20N2OS. The number of nitrogens with one attached hydrogen (secondary N) is 1. The highest BCUT2D eigenvalue weighted by molar-refractivity contribution is 7.09. The molecule has 0 aliphatic rings. The molecular weight excluding hydrogens is 208 g/mol. The first kappa shape index (κ1) is 12.6. The fraction of sp³-hybridized carbons (Fsp3) is 0.727. The molecule has 2 N–H and O–H groups in total. The minimum Gasteiger partial charge on any atom is -0.388 e. The summed E-state index contributed by atoms with van der Waals surface area (Å²) in [7, 11) is 0. The van der Waals surface area contributed by atoms with Crippen LogP contribution in [0.2, 0.25) is 0 Å². The molecule has 0 fully saturated rings. The van der Waals surface area contributed by atoms with E-state index in [1.54, 1.807) is 17.5 Å². The van der Waals surface area contributed by atoms with Crippen molar-refractivity contribution in [1.82, 2.24) is 10.3 Å². The molecule has 0 radical (unpaired) electrons. The van der Waals surface area contributed by atoms with Gasteiger partial charge < -0.3 is 10.4 Å². The van der Waals surface area contributed by atoms with Crippen molar-refractivity contribution in [3.05, 3.63) is 16.6 Å². The second-order valence-corrected chi connectivity index (χ2v) is 5.60. The first-order valence-corrected chi connectivity index (χ1v) is 6.19. The van der Waals surface area contributed by atoms with Gasteiger partial charge in [0.15, 0.2) is 0 Å². The van der Waals surface area contributed by atoms with Crippen molar-refractivity contribution < 1.29 is 5.11 Å². The van der Waals surface area contributed by atoms with E-state index < -0.39 is 5.60 Å². The summed E-state index contributed by atoms with van der Waals surface area (Å²) in [6.45, 7) is 7.71.